The zero-order chi connectivity index (χ0) is 18.2. The number of methoxy groups -OCH3 is 2. The van der Waals surface area contributed by atoms with E-state index in [1.54, 1.807) is 26.4 Å². The molecular weight excluding hydrogens is 318 g/mol. The van der Waals surface area contributed by atoms with E-state index in [0.29, 0.717) is 17.9 Å². The van der Waals surface area contributed by atoms with Gasteiger partial charge in [-0.3, -0.25) is 4.79 Å². The van der Waals surface area contributed by atoms with Crippen molar-refractivity contribution in [2.75, 3.05) is 14.2 Å². The summed E-state index contributed by atoms with van der Waals surface area (Å²) in [7, 11) is 3.20. The summed E-state index contributed by atoms with van der Waals surface area (Å²) in [5.74, 6) is 1.80. The number of hydrogen-bond donors (Lipinski definition) is 1. The van der Waals surface area contributed by atoms with E-state index in [4.69, 9.17) is 14.2 Å². The molecule has 2 aromatic carbocycles. The summed E-state index contributed by atoms with van der Waals surface area (Å²) < 4.78 is 16.3. The van der Waals surface area contributed by atoms with Crippen LogP contribution in [-0.4, -0.2) is 26.2 Å². The van der Waals surface area contributed by atoms with E-state index in [9.17, 15) is 4.79 Å². The highest BCUT2D eigenvalue weighted by molar-refractivity contribution is 5.81. The topological polar surface area (TPSA) is 56.8 Å². The van der Waals surface area contributed by atoms with Gasteiger partial charge in [-0.05, 0) is 43.2 Å². The average molecular weight is 343 g/mol. The molecular formula is C20H25NO4. The first-order chi connectivity index (χ1) is 12.1. The Labute approximate surface area is 148 Å². The molecule has 1 amide bonds. The third-order valence-electron chi connectivity index (χ3n) is 3.98. The quantitative estimate of drug-likeness (QED) is 0.793. The minimum atomic E-state index is -0.586. The molecule has 0 unspecified atom stereocenters. The number of ether oxygens (including phenoxy) is 3. The van der Waals surface area contributed by atoms with E-state index in [1.807, 2.05) is 50.2 Å². The van der Waals surface area contributed by atoms with Crippen LogP contribution in [0.1, 0.15) is 31.9 Å². The second kappa shape index (κ2) is 8.97. The van der Waals surface area contributed by atoms with E-state index in [1.165, 1.54) is 0 Å². The van der Waals surface area contributed by atoms with Crippen molar-refractivity contribution in [1.29, 1.82) is 0 Å². The number of nitrogens with one attached hydrogen (secondary N) is 1. The molecule has 1 N–H and O–H groups in total. The SMILES string of the molecule is CC[C@@H](Oc1ccccc1OC)C(=O)N[C@H](C)c1ccc(OC)cc1. The van der Waals surface area contributed by atoms with Gasteiger partial charge in [0.2, 0.25) is 0 Å². The minimum absolute atomic E-state index is 0.131. The lowest BCUT2D eigenvalue weighted by Crippen LogP contribution is -2.39. The Hall–Kier alpha value is -2.69. The Kier molecular flexibility index (Phi) is 6.69. The largest absolute Gasteiger partial charge is 0.497 e. The van der Waals surface area contributed by atoms with E-state index in [2.05, 4.69) is 5.32 Å². The van der Waals surface area contributed by atoms with Crippen molar-refractivity contribution >= 4 is 5.91 Å². The maximum absolute atomic E-state index is 12.6. The van der Waals surface area contributed by atoms with Crippen LogP contribution in [0, 0.1) is 0 Å². The van der Waals surface area contributed by atoms with Crippen molar-refractivity contribution in [1.82, 2.24) is 5.32 Å². The number of benzene rings is 2. The van der Waals surface area contributed by atoms with Crippen molar-refractivity contribution in [2.45, 2.75) is 32.4 Å². The van der Waals surface area contributed by atoms with Crippen LogP contribution in [0.2, 0.25) is 0 Å². The fourth-order valence-corrected chi connectivity index (χ4v) is 2.47. The van der Waals surface area contributed by atoms with Gasteiger partial charge in [-0.2, -0.15) is 0 Å². The van der Waals surface area contributed by atoms with E-state index in [-0.39, 0.29) is 11.9 Å². The summed E-state index contributed by atoms with van der Waals surface area (Å²) in [6.07, 6.45) is -0.0313. The standard InChI is InChI=1S/C20H25NO4/c1-5-17(25-19-9-7-6-8-18(19)24-4)20(22)21-14(2)15-10-12-16(23-3)13-11-15/h6-14,17H,5H2,1-4H3,(H,21,22)/t14-,17-/m1/s1. The highest BCUT2D eigenvalue weighted by atomic mass is 16.5. The second-order valence-corrected chi connectivity index (χ2v) is 5.67. The van der Waals surface area contributed by atoms with Gasteiger partial charge in [0.1, 0.15) is 5.75 Å². The first-order valence-corrected chi connectivity index (χ1v) is 8.33. The zero-order valence-corrected chi connectivity index (χ0v) is 15.1. The molecule has 0 spiro atoms. The third-order valence-corrected chi connectivity index (χ3v) is 3.98. The van der Waals surface area contributed by atoms with Crippen molar-refractivity contribution in [3.05, 3.63) is 54.1 Å². The maximum Gasteiger partial charge on any atom is 0.261 e. The summed E-state index contributed by atoms with van der Waals surface area (Å²) in [5.41, 5.74) is 1.00. The summed E-state index contributed by atoms with van der Waals surface area (Å²) >= 11 is 0. The molecule has 0 aliphatic heterocycles. The molecule has 25 heavy (non-hydrogen) atoms. The minimum Gasteiger partial charge on any atom is -0.497 e. The summed E-state index contributed by atoms with van der Waals surface area (Å²) in [5, 5.41) is 3.00. The fraction of sp³-hybridized carbons (Fsp3) is 0.350. The lowest BCUT2D eigenvalue weighted by atomic mass is 10.1. The highest BCUT2D eigenvalue weighted by Crippen LogP contribution is 2.27. The van der Waals surface area contributed by atoms with Gasteiger partial charge >= 0.3 is 0 Å². The molecule has 0 heterocycles. The smallest absolute Gasteiger partial charge is 0.261 e. The predicted molar refractivity (Wildman–Crippen MR) is 97.3 cm³/mol. The van der Waals surface area contributed by atoms with Gasteiger partial charge in [-0.15, -0.1) is 0 Å². The van der Waals surface area contributed by atoms with Gasteiger partial charge in [0.05, 0.1) is 20.3 Å². The monoisotopic (exact) mass is 343 g/mol. The van der Waals surface area contributed by atoms with Crippen LogP contribution in [0.5, 0.6) is 17.2 Å². The van der Waals surface area contributed by atoms with Crippen LogP contribution in [-0.2, 0) is 4.79 Å². The van der Waals surface area contributed by atoms with E-state index >= 15 is 0 Å². The van der Waals surface area contributed by atoms with Crippen LogP contribution in [0.3, 0.4) is 0 Å². The zero-order valence-electron chi connectivity index (χ0n) is 15.1. The summed E-state index contributed by atoms with van der Waals surface area (Å²) in [6, 6.07) is 14.8. The predicted octanol–water partition coefficient (Wildman–Crippen LogP) is 3.74. The lowest BCUT2D eigenvalue weighted by Gasteiger charge is -2.21. The Morgan fingerprint density at radius 3 is 2.20 bits per heavy atom. The number of amides is 1. The van der Waals surface area contributed by atoms with Crippen LogP contribution < -0.4 is 19.5 Å². The molecule has 2 atom stereocenters. The van der Waals surface area contributed by atoms with Crippen LogP contribution in [0.25, 0.3) is 0 Å². The van der Waals surface area contributed by atoms with Crippen molar-refractivity contribution in [3.63, 3.8) is 0 Å². The summed E-state index contributed by atoms with van der Waals surface area (Å²) in [6.45, 7) is 3.85. The van der Waals surface area contributed by atoms with Gasteiger partial charge in [0.25, 0.3) is 5.91 Å². The van der Waals surface area contributed by atoms with Crippen LogP contribution in [0.15, 0.2) is 48.5 Å². The Balaban J connectivity index is 2.03. The number of para-hydroxylation sites is 2. The van der Waals surface area contributed by atoms with Crippen molar-refractivity contribution in [3.8, 4) is 17.2 Å². The van der Waals surface area contributed by atoms with E-state index < -0.39 is 6.10 Å². The molecule has 0 bridgehead atoms. The third kappa shape index (κ3) is 4.89. The number of carbonyl (C=O) groups excluding carboxylic acids is 1. The van der Waals surface area contributed by atoms with Gasteiger partial charge in [-0.25, -0.2) is 0 Å². The van der Waals surface area contributed by atoms with E-state index in [0.717, 1.165) is 11.3 Å². The molecule has 0 radical (unpaired) electrons. The Morgan fingerprint density at radius 2 is 1.64 bits per heavy atom. The van der Waals surface area contributed by atoms with Gasteiger partial charge in [0, 0.05) is 0 Å². The molecule has 134 valence electrons. The van der Waals surface area contributed by atoms with Gasteiger partial charge in [-0.1, -0.05) is 31.2 Å². The number of hydrogen-bond acceptors (Lipinski definition) is 4. The highest BCUT2D eigenvalue weighted by Gasteiger charge is 2.22. The summed E-state index contributed by atoms with van der Waals surface area (Å²) in [4.78, 5) is 12.6. The van der Waals surface area contributed by atoms with Crippen LogP contribution >= 0.6 is 0 Å². The van der Waals surface area contributed by atoms with Crippen LogP contribution in [0.4, 0.5) is 0 Å². The molecule has 0 fully saturated rings. The van der Waals surface area contributed by atoms with Crippen molar-refractivity contribution in [2.24, 2.45) is 0 Å². The fourth-order valence-electron chi connectivity index (χ4n) is 2.47. The first-order valence-electron chi connectivity index (χ1n) is 8.33. The molecule has 0 saturated carbocycles. The number of rotatable bonds is 8. The van der Waals surface area contributed by atoms with Crippen molar-refractivity contribution < 1.29 is 19.0 Å². The Bertz CT molecular complexity index is 684. The second-order valence-electron chi connectivity index (χ2n) is 5.67. The molecule has 5 nitrogen and oxygen atoms in total. The molecule has 0 aliphatic carbocycles. The maximum atomic E-state index is 12.6. The molecule has 2 aromatic rings. The molecule has 0 aliphatic rings. The first kappa shape index (κ1) is 18.6. The Morgan fingerprint density at radius 1 is 1.00 bits per heavy atom. The molecule has 2 rings (SSSR count). The van der Waals surface area contributed by atoms with Gasteiger partial charge < -0.3 is 19.5 Å². The molecule has 0 aromatic heterocycles. The average Bonchev–Trinajstić information content (AvgIpc) is 2.66. The molecule has 5 heteroatoms. The number of carbonyl (C=O) groups is 1. The lowest BCUT2D eigenvalue weighted by molar-refractivity contribution is -0.128. The normalized spacial score (nSPS) is 12.8. The van der Waals surface area contributed by atoms with Gasteiger partial charge in [0.15, 0.2) is 17.6 Å². The molecule has 0 saturated heterocycles.